The van der Waals surface area contributed by atoms with Crippen molar-refractivity contribution >= 4 is 0 Å². The normalized spacial score (nSPS) is 12.1. The third kappa shape index (κ3) is 4.43. The Morgan fingerprint density at radius 2 is 2.06 bits per heavy atom. The molecule has 0 aromatic heterocycles. The number of nitrogens with zero attached hydrogens (tertiary/aromatic N) is 1. The van der Waals surface area contributed by atoms with Gasteiger partial charge in [-0.05, 0) is 36.6 Å². The SMILES string of the molecule is CC(CCO)CNCc1ccc(C#N)cc1. The van der Waals surface area contributed by atoms with Crippen molar-refractivity contribution in [1.82, 2.24) is 5.32 Å². The predicted molar refractivity (Wildman–Crippen MR) is 63.7 cm³/mol. The third-order valence-electron chi connectivity index (χ3n) is 2.53. The lowest BCUT2D eigenvalue weighted by Crippen LogP contribution is -2.21. The van der Waals surface area contributed by atoms with Crippen LogP contribution in [0.1, 0.15) is 24.5 Å². The molecule has 0 spiro atoms. The minimum absolute atomic E-state index is 0.250. The van der Waals surface area contributed by atoms with Crippen molar-refractivity contribution in [1.29, 1.82) is 5.26 Å². The van der Waals surface area contributed by atoms with Gasteiger partial charge in [0.05, 0.1) is 11.6 Å². The highest BCUT2D eigenvalue weighted by Gasteiger charge is 2.00. The maximum Gasteiger partial charge on any atom is 0.0991 e. The quantitative estimate of drug-likeness (QED) is 0.763. The Morgan fingerprint density at radius 1 is 1.38 bits per heavy atom. The van der Waals surface area contributed by atoms with Crippen molar-refractivity contribution in [3.63, 3.8) is 0 Å². The van der Waals surface area contributed by atoms with Gasteiger partial charge in [-0.3, -0.25) is 0 Å². The first-order valence-electron chi connectivity index (χ1n) is 5.57. The first kappa shape index (κ1) is 12.7. The third-order valence-corrected chi connectivity index (χ3v) is 2.53. The summed E-state index contributed by atoms with van der Waals surface area (Å²) in [6.45, 7) is 4.07. The van der Waals surface area contributed by atoms with Gasteiger partial charge < -0.3 is 10.4 Å². The van der Waals surface area contributed by atoms with Gasteiger partial charge in [0.2, 0.25) is 0 Å². The van der Waals surface area contributed by atoms with Crippen LogP contribution >= 0.6 is 0 Å². The standard InChI is InChI=1S/C13H18N2O/c1-11(6-7-16)9-15-10-13-4-2-12(8-14)3-5-13/h2-5,11,15-16H,6-7,9-10H2,1H3. The van der Waals surface area contributed by atoms with Crippen molar-refractivity contribution < 1.29 is 5.11 Å². The van der Waals surface area contributed by atoms with Gasteiger partial charge in [-0.15, -0.1) is 0 Å². The number of benzene rings is 1. The van der Waals surface area contributed by atoms with Gasteiger partial charge in [-0.2, -0.15) is 5.26 Å². The minimum atomic E-state index is 0.250. The Morgan fingerprint density at radius 3 is 2.62 bits per heavy atom. The van der Waals surface area contributed by atoms with Gasteiger partial charge in [0.15, 0.2) is 0 Å². The summed E-state index contributed by atoms with van der Waals surface area (Å²) in [6.07, 6.45) is 0.834. The van der Waals surface area contributed by atoms with Crippen LogP contribution in [0.3, 0.4) is 0 Å². The zero-order chi connectivity index (χ0) is 11.8. The van der Waals surface area contributed by atoms with Gasteiger partial charge in [0.25, 0.3) is 0 Å². The molecule has 0 aliphatic carbocycles. The fraction of sp³-hybridized carbons (Fsp3) is 0.462. The lowest BCUT2D eigenvalue weighted by Gasteiger charge is -2.10. The molecule has 1 atom stereocenters. The van der Waals surface area contributed by atoms with Gasteiger partial charge in [-0.25, -0.2) is 0 Å². The molecule has 0 radical (unpaired) electrons. The molecule has 1 unspecified atom stereocenters. The molecule has 0 aliphatic heterocycles. The highest BCUT2D eigenvalue weighted by Crippen LogP contribution is 2.04. The maximum absolute atomic E-state index is 8.75. The lowest BCUT2D eigenvalue weighted by atomic mass is 10.1. The highest BCUT2D eigenvalue weighted by molar-refractivity contribution is 5.31. The van der Waals surface area contributed by atoms with E-state index in [1.165, 1.54) is 5.56 Å². The number of hydrogen-bond donors (Lipinski definition) is 2. The summed E-state index contributed by atoms with van der Waals surface area (Å²) in [4.78, 5) is 0. The Hall–Kier alpha value is -1.37. The molecule has 0 heterocycles. The van der Waals surface area contributed by atoms with E-state index in [1.54, 1.807) is 0 Å². The molecule has 2 N–H and O–H groups in total. The average Bonchev–Trinajstić information content (AvgIpc) is 2.30. The molecule has 0 amide bonds. The van der Waals surface area contributed by atoms with E-state index in [9.17, 15) is 0 Å². The fourth-order valence-electron chi connectivity index (χ4n) is 1.48. The average molecular weight is 218 g/mol. The van der Waals surface area contributed by atoms with Gasteiger partial charge in [-0.1, -0.05) is 19.1 Å². The van der Waals surface area contributed by atoms with E-state index in [2.05, 4.69) is 18.3 Å². The second kappa shape index (κ2) is 7.00. The molecule has 1 aromatic carbocycles. The fourth-order valence-corrected chi connectivity index (χ4v) is 1.48. The second-order valence-corrected chi connectivity index (χ2v) is 4.06. The summed E-state index contributed by atoms with van der Waals surface area (Å²) >= 11 is 0. The van der Waals surface area contributed by atoms with Crippen LogP contribution in [-0.4, -0.2) is 18.3 Å². The van der Waals surface area contributed by atoms with Crippen LogP contribution in [-0.2, 0) is 6.54 Å². The van der Waals surface area contributed by atoms with Crippen molar-refractivity contribution in [3.05, 3.63) is 35.4 Å². The van der Waals surface area contributed by atoms with E-state index in [0.29, 0.717) is 11.5 Å². The van der Waals surface area contributed by atoms with E-state index in [-0.39, 0.29) is 6.61 Å². The maximum atomic E-state index is 8.75. The zero-order valence-electron chi connectivity index (χ0n) is 9.61. The molecule has 1 rings (SSSR count). The Kier molecular flexibility index (Phi) is 5.55. The van der Waals surface area contributed by atoms with Crippen molar-refractivity contribution in [2.45, 2.75) is 19.9 Å². The molecule has 16 heavy (non-hydrogen) atoms. The number of nitrogens with one attached hydrogen (secondary N) is 1. The smallest absolute Gasteiger partial charge is 0.0991 e. The Balaban J connectivity index is 2.29. The predicted octanol–water partition coefficient (Wildman–Crippen LogP) is 1.67. The number of nitriles is 1. The van der Waals surface area contributed by atoms with Crippen LogP contribution < -0.4 is 5.32 Å². The zero-order valence-corrected chi connectivity index (χ0v) is 9.61. The van der Waals surface area contributed by atoms with Crippen LogP contribution in [0.5, 0.6) is 0 Å². The van der Waals surface area contributed by atoms with Gasteiger partial charge >= 0.3 is 0 Å². The van der Waals surface area contributed by atoms with Crippen molar-refractivity contribution in [2.75, 3.05) is 13.2 Å². The molecular weight excluding hydrogens is 200 g/mol. The summed E-state index contributed by atoms with van der Waals surface area (Å²) in [5, 5.41) is 20.7. The molecule has 0 saturated heterocycles. The summed E-state index contributed by atoms with van der Waals surface area (Å²) in [7, 11) is 0. The largest absolute Gasteiger partial charge is 0.396 e. The monoisotopic (exact) mass is 218 g/mol. The molecular formula is C13H18N2O. The van der Waals surface area contributed by atoms with Gasteiger partial charge in [0, 0.05) is 13.2 Å². The number of hydrogen-bond acceptors (Lipinski definition) is 3. The summed E-state index contributed by atoms with van der Waals surface area (Å²) in [5.41, 5.74) is 1.87. The van der Waals surface area contributed by atoms with Crippen molar-refractivity contribution in [2.24, 2.45) is 5.92 Å². The van der Waals surface area contributed by atoms with Crippen LogP contribution in [0, 0.1) is 17.2 Å². The summed E-state index contributed by atoms with van der Waals surface area (Å²) in [5.74, 6) is 0.489. The number of rotatable bonds is 6. The van der Waals surface area contributed by atoms with Crippen molar-refractivity contribution in [3.8, 4) is 6.07 Å². The molecule has 0 fully saturated rings. The molecule has 3 heteroatoms. The van der Waals surface area contributed by atoms with Gasteiger partial charge in [0.1, 0.15) is 0 Å². The van der Waals surface area contributed by atoms with E-state index in [0.717, 1.165) is 19.5 Å². The molecule has 1 aromatic rings. The van der Waals surface area contributed by atoms with Crippen LogP contribution in [0.4, 0.5) is 0 Å². The minimum Gasteiger partial charge on any atom is -0.396 e. The van der Waals surface area contributed by atoms with E-state index >= 15 is 0 Å². The van der Waals surface area contributed by atoms with Crippen LogP contribution in [0.2, 0.25) is 0 Å². The lowest BCUT2D eigenvalue weighted by molar-refractivity contribution is 0.260. The number of aliphatic hydroxyl groups excluding tert-OH is 1. The van der Waals surface area contributed by atoms with Crippen LogP contribution in [0.25, 0.3) is 0 Å². The topological polar surface area (TPSA) is 56.0 Å². The van der Waals surface area contributed by atoms with E-state index in [4.69, 9.17) is 10.4 Å². The molecule has 0 bridgehead atoms. The second-order valence-electron chi connectivity index (χ2n) is 4.06. The first-order chi connectivity index (χ1) is 7.76. The first-order valence-corrected chi connectivity index (χ1v) is 5.57. The Bertz CT molecular complexity index is 340. The van der Waals surface area contributed by atoms with E-state index in [1.807, 2.05) is 24.3 Å². The van der Waals surface area contributed by atoms with Crippen LogP contribution in [0.15, 0.2) is 24.3 Å². The molecule has 0 aliphatic rings. The number of aliphatic hydroxyl groups is 1. The molecule has 3 nitrogen and oxygen atoms in total. The summed E-state index contributed by atoms with van der Waals surface area (Å²) in [6, 6.07) is 9.67. The molecule has 86 valence electrons. The summed E-state index contributed by atoms with van der Waals surface area (Å²) < 4.78 is 0. The highest BCUT2D eigenvalue weighted by atomic mass is 16.3. The molecule has 0 saturated carbocycles. The van der Waals surface area contributed by atoms with E-state index < -0.39 is 0 Å². The Labute approximate surface area is 96.7 Å².